The Balaban J connectivity index is 2.50. The number of hydrogen-bond donors (Lipinski definition) is 3. The summed E-state index contributed by atoms with van der Waals surface area (Å²) in [5, 5.41) is 19.6. The van der Waals surface area contributed by atoms with Crippen molar-refractivity contribution in [1.29, 1.82) is 0 Å². The van der Waals surface area contributed by atoms with Crippen LogP contribution < -0.4 is 5.32 Å². The van der Waals surface area contributed by atoms with Gasteiger partial charge < -0.3 is 20.3 Å². The van der Waals surface area contributed by atoms with Crippen LogP contribution >= 0.6 is 0 Å². The fraction of sp³-hybridized carbons (Fsp3) is 0.500. The average Bonchev–Trinajstić information content (AvgIpc) is 2.45. The summed E-state index contributed by atoms with van der Waals surface area (Å²) in [6, 6.07) is 8.32. The molecule has 5 nitrogen and oxygen atoms in total. The van der Waals surface area contributed by atoms with E-state index in [4.69, 9.17) is 14.9 Å². The van der Waals surface area contributed by atoms with Gasteiger partial charge in [0.05, 0.1) is 19.3 Å². The molecule has 0 saturated carbocycles. The highest BCUT2D eigenvalue weighted by atomic mass is 19.4. The number of aliphatic hydroxyl groups is 2. The average molecular weight is 321 g/mol. The first kappa shape index (κ1) is 18.4. The maximum Gasteiger partial charge on any atom is 0.453 e. The van der Waals surface area contributed by atoms with E-state index in [1.807, 2.05) is 35.6 Å². The molecule has 0 aliphatic heterocycles. The zero-order chi connectivity index (χ0) is 16.8. The van der Waals surface area contributed by atoms with E-state index in [0.717, 1.165) is 5.56 Å². The number of ether oxygens (including phenoxy) is 1. The summed E-state index contributed by atoms with van der Waals surface area (Å²) in [4.78, 5) is 11.3. The van der Waals surface area contributed by atoms with Crippen molar-refractivity contribution >= 4 is 5.91 Å². The van der Waals surface area contributed by atoms with Crippen molar-refractivity contribution in [2.24, 2.45) is 0 Å². The SMILES string of the molecule is CCC(COCc1ccccc1)NC(=O)C(O)(O)C(F)(F)F. The van der Waals surface area contributed by atoms with Crippen molar-refractivity contribution < 1.29 is 32.9 Å². The number of nitrogens with one attached hydrogen (secondary N) is 1. The van der Waals surface area contributed by atoms with E-state index in [0.29, 0.717) is 0 Å². The van der Waals surface area contributed by atoms with Gasteiger partial charge in [0.15, 0.2) is 0 Å². The van der Waals surface area contributed by atoms with Gasteiger partial charge in [0.2, 0.25) is 0 Å². The second-order valence-corrected chi connectivity index (χ2v) is 4.75. The number of halogens is 3. The Labute approximate surface area is 125 Å². The summed E-state index contributed by atoms with van der Waals surface area (Å²) >= 11 is 0. The molecule has 1 aromatic rings. The molecule has 3 N–H and O–H groups in total. The van der Waals surface area contributed by atoms with Gasteiger partial charge in [-0.3, -0.25) is 4.79 Å². The van der Waals surface area contributed by atoms with Crippen LogP contribution in [0.15, 0.2) is 30.3 Å². The van der Waals surface area contributed by atoms with Crippen LogP contribution in [0.1, 0.15) is 18.9 Å². The third-order valence-corrected chi connectivity index (χ3v) is 2.97. The Morgan fingerprint density at radius 3 is 2.36 bits per heavy atom. The molecular formula is C14H18F3NO4. The van der Waals surface area contributed by atoms with Crippen molar-refractivity contribution in [1.82, 2.24) is 5.32 Å². The first-order valence-corrected chi connectivity index (χ1v) is 6.62. The first-order chi connectivity index (χ1) is 10.2. The van der Waals surface area contributed by atoms with Crippen LogP contribution in [0.2, 0.25) is 0 Å². The number of carbonyl (C=O) groups is 1. The van der Waals surface area contributed by atoms with E-state index < -0.39 is 23.9 Å². The van der Waals surface area contributed by atoms with Gasteiger partial charge in [0.1, 0.15) is 0 Å². The minimum atomic E-state index is -5.47. The van der Waals surface area contributed by atoms with Crippen LogP contribution in [0.4, 0.5) is 13.2 Å². The molecule has 124 valence electrons. The molecule has 0 bridgehead atoms. The molecular weight excluding hydrogens is 303 g/mol. The standard InChI is InChI=1S/C14H18F3NO4/c1-2-11(9-22-8-10-6-4-3-5-7-10)18-12(19)13(20,21)14(15,16)17/h3-7,11,20-21H,2,8-9H2,1H3,(H,18,19). The van der Waals surface area contributed by atoms with E-state index in [9.17, 15) is 18.0 Å². The second kappa shape index (κ2) is 7.57. The fourth-order valence-corrected chi connectivity index (χ4v) is 1.57. The van der Waals surface area contributed by atoms with E-state index in [1.54, 1.807) is 6.92 Å². The van der Waals surface area contributed by atoms with Crippen LogP contribution in [0.25, 0.3) is 0 Å². The highest BCUT2D eigenvalue weighted by Gasteiger charge is 2.59. The monoisotopic (exact) mass is 321 g/mol. The van der Waals surface area contributed by atoms with Crippen LogP contribution in [-0.2, 0) is 16.1 Å². The highest BCUT2D eigenvalue weighted by Crippen LogP contribution is 2.28. The van der Waals surface area contributed by atoms with Gasteiger partial charge in [0.25, 0.3) is 5.91 Å². The summed E-state index contributed by atoms with van der Waals surface area (Å²) in [6.07, 6.45) is -5.20. The van der Waals surface area contributed by atoms with Gasteiger partial charge in [0, 0.05) is 0 Å². The van der Waals surface area contributed by atoms with Crippen molar-refractivity contribution in [2.45, 2.75) is 38.0 Å². The van der Waals surface area contributed by atoms with Crippen molar-refractivity contribution in [2.75, 3.05) is 6.61 Å². The topological polar surface area (TPSA) is 78.8 Å². The third-order valence-electron chi connectivity index (χ3n) is 2.97. The van der Waals surface area contributed by atoms with Crippen LogP contribution in [-0.4, -0.2) is 40.7 Å². The van der Waals surface area contributed by atoms with Gasteiger partial charge in [-0.2, -0.15) is 13.2 Å². The molecule has 0 aliphatic rings. The zero-order valence-electron chi connectivity index (χ0n) is 11.9. The molecule has 0 saturated heterocycles. The number of rotatable bonds is 7. The van der Waals surface area contributed by atoms with Crippen LogP contribution in [0.5, 0.6) is 0 Å². The number of carbonyl (C=O) groups excluding carboxylic acids is 1. The number of alkyl halides is 3. The Morgan fingerprint density at radius 2 is 1.86 bits per heavy atom. The van der Waals surface area contributed by atoms with Crippen molar-refractivity contribution in [3.8, 4) is 0 Å². The molecule has 0 spiro atoms. The minimum absolute atomic E-state index is 0.0505. The normalized spacial score (nSPS) is 13.7. The van der Waals surface area contributed by atoms with Gasteiger partial charge in [-0.25, -0.2) is 0 Å². The molecule has 1 rings (SSSR count). The maximum absolute atomic E-state index is 12.3. The smallest absolute Gasteiger partial charge is 0.375 e. The molecule has 0 fully saturated rings. The molecule has 1 aromatic carbocycles. The van der Waals surface area contributed by atoms with E-state index >= 15 is 0 Å². The second-order valence-electron chi connectivity index (χ2n) is 4.75. The lowest BCUT2D eigenvalue weighted by molar-refractivity contribution is -0.329. The Morgan fingerprint density at radius 1 is 1.27 bits per heavy atom. The molecule has 8 heteroatoms. The predicted octanol–water partition coefficient (Wildman–Crippen LogP) is 1.34. The minimum Gasteiger partial charge on any atom is -0.375 e. The highest BCUT2D eigenvalue weighted by molar-refractivity contribution is 5.84. The molecule has 1 atom stereocenters. The van der Waals surface area contributed by atoms with Gasteiger partial charge in [-0.15, -0.1) is 0 Å². The molecule has 0 heterocycles. The quantitative estimate of drug-likeness (QED) is 0.662. The summed E-state index contributed by atoms with van der Waals surface area (Å²) in [7, 11) is 0. The summed E-state index contributed by atoms with van der Waals surface area (Å²) < 4.78 is 42.3. The summed E-state index contributed by atoms with van der Waals surface area (Å²) in [6.45, 7) is 1.81. The van der Waals surface area contributed by atoms with E-state index in [1.165, 1.54) is 0 Å². The van der Waals surface area contributed by atoms with Gasteiger partial charge in [-0.05, 0) is 12.0 Å². The van der Waals surface area contributed by atoms with Crippen LogP contribution in [0, 0.1) is 0 Å². The summed E-state index contributed by atoms with van der Waals surface area (Å²) in [5.41, 5.74) is 0.873. The maximum atomic E-state index is 12.3. The third kappa shape index (κ3) is 4.97. The lowest BCUT2D eigenvalue weighted by atomic mass is 10.2. The van der Waals surface area contributed by atoms with Gasteiger partial charge in [-0.1, -0.05) is 37.3 Å². The molecule has 0 aromatic heterocycles. The van der Waals surface area contributed by atoms with Crippen molar-refractivity contribution in [3.63, 3.8) is 0 Å². The molecule has 22 heavy (non-hydrogen) atoms. The molecule has 1 unspecified atom stereocenters. The summed E-state index contributed by atoms with van der Waals surface area (Å²) in [5.74, 6) is -6.34. The number of benzene rings is 1. The first-order valence-electron chi connectivity index (χ1n) is 6.62. The lowest BCUT2D eigenvalue weighted by Gasteiger charge is -2.26. The van der Waals surface area contributed by atoms with E-state index in [2.05, 4.69) is 0 Å². The number of hydrogen-bond acceptors (Lipinski definition) is 4. The van der Waals surface area contributed by atoms with E-state index in [-0.39, 0.29) is 19.6 Å². The van der Waals surface area contributed by atoms with Gasteiger partial charge >= 0.3 is 12.0 Å². The predicted molar refractivity (Wildman–Crippen MR) is 71.5 cm³/mol. The Hall–Kier alpha value is -1.64. The lowest BCUT2D eigenvalue weighted by Crippen LogP contribution is -2.59. The van der Waals surface area contributed by atoms with Crippen molar-refractivity contribution in [3.05, 3.63) is 35.9 Å². The van der Waals surface area contributed by atoms with Crippen LogP contribution in [0.3, 0.4) is 0 Å². The Kier molecular flexibility index (Phi) is 6.34. The molecule has 1 amide bonds. The Bertz CT molecular complexity index is 477. The molecule has 0 aliphatic carbocycles. The number of amides is 1. The zero-order valence-corrected chi connectivity index (χ0v) is 11.9. The fourth-order valence-electron chi connectivity index (χ4n) is 1.57. The largest absolute Gasteiger partial charge is 0.453 e. The molecule has 0 radical (unpaired) electrons.